The molecule has 2 N–H and O–H groups in total. The number of likely N-dealkylation sites (N-methyl/N-ethyl adjacent to an activating group) is 1. The predicted molar refractivity (Wildman–Crippen MR) is 78.2 cm³/mol. The Morgan fingerprint density at radius 2 is 2.00 bits per heavy atom. The van der Waals surface area contributed by atoms with Gasteiger partial charge in [-0.3, -0.25) is 4.68 Å². The van der Waals surface area contributed by atoms with E-state index in [9.17, 15) is 8.42 Å². The van der Waals surface area contributed by atoms with E-state index in [1.54, 1.807) is 11.6 Å². The average Bonchev–Trinajstić information content (AvgIpc) is 2.59. The molecule has 1 aromatic heterocycles. The lowest BCUT2D eigenvalue weighted by Crippen LogP contribution is -2.50. The van der Waals surface area contributed by atoms with Gasteiger partial charge in [0.05, 0.1) is 17.9 Å². The van der Waals surface area contributed by atoms with Crippen LogP contribution in [0.1, 0.15) is 37.6 Å². The van der Waals surface area contributed by atoms with Crippen LogP contribution in [-0.4, -0.2) is 37.3 Å². The molecule has 0 bridgehead atoms. The van der Waals surface area contributed by atoms with Crippen LogP contribution in [0.5, 0.6) is 0 Å². The molecule has 1 aliphatic rings. The van der Waals surface area contributed by atoms with Gasteiger partial charge in [0, 0.05) is 12.1 Å². The van der Waals surface area contributed by atoms with E-state index in [0.717, 1.165) is 25.8 Å². The van der Waals surface area contributed by atoms with E-state index in [0.29, 0.717) is 22.8 Å². The fourth-order valence-electron chi connectivity index (χ4n) is 2.69. The molecule has 0 saturated heterocycles. The van der Waals surface area contributed by atoms with Crippen LogP contribution in [-0.2, 0) is 16.6 Å². The van der Waals surface area contributed by atoms with E-state index in [1.165, 1.54) is 0 Å². The van der Waals surface area contributed by atoms with Crippen molar-refractivity contribution >= 4 is 10.0 Å². The van der Waals surface area contributed by atoms with Gasteiger partial charge < -0.3 is 5.32 Å². The highest BCUT2D eigenvalue weighted by Gasteiger charge is 2.38. The van der Waals surface area contributed by atoms with Crippen molar-refractivity contribution in [1.29, 1.82) is 0 Å². The standard InChI is InChI=1S/C13H24N4O2S/c1-10-12(11(2)17(15-10)9-8-14-4)20(18,19)16-13(3)6-5-7-13/h14,16H,5-9H2,1-4H3. The number of nitrogens with one attached hydrogen (secondary N) is 2. The summed E-state index contributed by atoms with van der Waals surface area (Å²) in [4.78, 5) is 0.335. The lowest BCUT2D eigenvalue weighted by Gasteiger charge is -2.38. The summed E-state index contributed by atoms with van der Waals surface area (Å²) >= 11 is 0. The second kappa shape index (κ2) is 5.46. The lowest BCUT2D eigenvalue weighted by atomic mass is 9.80. The maximum absolute atomic E-state index is 12.6. The van der Waals surface area contributed by atoms with Crippen molar-refractivity contribution in [3.63, 3.8) is 0 Å². The minimum absolute atomic E-state index is 0.287. The van der Waals surface area contributed by atoms with Gasteiger partial charge in [-0.1, -0.05) is 0 Å². The molecule has 1 aliphatic carbocycles. The third kappa shape index (κ3) is 2.89. The van der Waals surface area contributed by atoms with Gasteiger partial charge in [-0.2, -0.15) is 5.10 Å². The molecule has 0 atom stereocenters. The summed E-state index contributed by atoms with van der Waals surface area (Å²) in [6.07, 6.45) is 2.88. The SMILES string of the molecule is CNCCn1nc(C)c(S(=O)(=O)NC2(C)CCC2)c1C. The van der Waals surface area contributed by atoms with Crippen molar-refractivity contribution in [1.82, 2.24) is 19.8 Å². The topological polar surface area (TPSA) is 76.0 Å². The summed E-state index contributed by atoms with van der Waals surface area (Å²) in [6.45, 7) is 6.95. The first-order valence-corrected chi connectivity index (χ1v) is 8.50. The molecule has 20 heavy (non-hydrogen) atoms. The van der Waals surface area contributed by atoms with E-state index in [-0.39, 0.29) is 5.54 Å². The maximum atomic E-state index is 12.6. The Morgan fingerprint density at radius 1 is 1.35 bits per heavy atom. The summed E-state index contributed by atoms with van der Waals surface area (Å²) in [5.41, 5.74) is 0.979. The molecule has 0 radical (unpaired) electrons. The highest BCUT2D eigenvalue weighted by Crippen LogP contribution is 2.33. The zero-order valence-corrected chi connectivity index (χ0v) is 13.5. The Labute approximate surface area is 121 Å². The average molecular weight is 300 g/mol. The normalized spacial score (nSPS) is 18.0. The molecule has 1 aromatic rings. The monoisotopic (exact) mass is 300 g/mol. The van der Waals surface area contributed by atoms with Crippen LogP contribution < -0.4 is 10.0 Å². The molecule has 2 rings (SSSR count). The smallest absolute Gasteiger partial charge is 0.244 e. The van der Waals surface area contributed by atoms with Crippen LogP contribution >= 0.6 is 0 Å². The maximum Gasteiger partial charge on any atom is 0.244 e. The second-order valence-electron chi connectivity index (χ2n) is 5.85. The number of hydrogen-bond donors (Lipinski definition) is 2. The molecule has 1 heterocycles. The van der Waals surface area contributed by atoms with Gasteiger partial charge in [0.1, 0.15) is 4.90 Å². The molecule has 1 fully saturated rings. The minimum Gasteiger partial charge on any atom is -0.318 e. The molecular formula is C13H24N4O2S. The van der Waals surface area contributed by atoms with Crippen molar-refractivity contribution in [3.05, 3.63) is 11.4 Å². The van der Waals surface area contributed by atoms with Crippen molar-refractivity contribution in [3.8, 4) is 0 Å². The quantitative estimate of drug-likeness (QED) is 0.820. The van der Waals surface area contributed by atoms with Crippen LogP contribution in [0.15, 0.2) is 4.90 Å². The van der Waals surface area contributed by atoms with Crippen molar-refractivity contribution in [2.75, 3.05) is 13.6 Å². The van der Waals surface area contributed by atoms with Gasteiger partial charge in [-0.05, 0) is 47.1 Å². The van der Waals surface area contributed by atoms with Gasteiger partial charge in [0.2, 0.25) is 10.0 Å². The fraction of sp³-hybridized carbons (Fsp3) is 0.769. The van der Waals surface area contributed by atoms with Crippen LogP contribution in [0.4, 0.5) is 0 Å². The minimum atomic E-state index is -3.50. The zero-order chi connectivity index (χ0) is 15.0. The summed E-state index contributed by atoms with van der Waals surface area (Å²) < 4.78 is 29.8. The first-order chi connectivity index (χ1) is 9.29. The van der Waals surface area contributed by atoms with Gasteiger partial charge in [0.25, 0.3) is 0 Å². The Bertz CT molecular complexity index is 588. The van der Waals surface area contributed by atoms with Crippen LogP contribution in [0.25, 0.3) is 0 Å². The van der Waals surface area contributed by atoms with E-state index in [4.69, 9.17) is 0 Å². The van der Waals surface area contributed by atoms with E-state index in [2.05, 4.69) is 15.1 Å². The highest BCUT2D eigenvalue weighted by atomic mass is 32.2. The first kappa shape index (κ1) is 15.5. The molecule has 7 heteroatoms. The zero-order valence-electron chi connectivity index (χ0n) is 12.7. The number of rotatable bonds is 6. The highest BCUT2D eigenvalue weighted by molar-refractivity contribution is 7.89. The molecule has 0 aromatic carbocycles. The van der Waals surface area contributed by atoms with Crippen LogP contribution in [0, 0.1) is 13.8 Å². The van der Waals surface area contributed by atoms with Gasteiger partial charge in [0.15, 0.2) is 0 Å². The number of hydrogen-bond acceptors (Lipinski definition) is 4. The number of nitrogens with zero attached hydrogens (tertiary/aromatic N) is 2. The Hall–Kier alpha value is -0.920. The molecule has 114 valence electrons. The van der Waals surface area contributed by atoms with Gasteiger partial charge >= 0.3 is 0 Å². The second-order valence-corrected chi connectivity index (χ2v) is 7.47. The van der Waals surface area contributed by atoms with Crippen molar-refractivity contribution in [2.45, 2.75) is 57.0 Å². The van der Waals surface area contributed by atoms with E-state index >= 15 is 0 Å². The van der Waals surface area contributed by atoms with Crippen molar-refractivity contribution < 1.29 is 8.42 Å². The fourth-order valence-corrected chi connectivity index (χ4v) is 4.57. The molecule has 1 saturated carbocycles. The van der Waals surface area contributed by atoms with Gasteiger partial charge in [-0.15, -0.1) is 0 Å². The summed E-state index contributed by atoms with van der Waals surface area (Å²) in [5, 5.41) is 7.39. The Kier molecular flexibility index (Phi) is 4.22. The summed E-state index contributed by atoms with van der Waals surface area (Å²) in [7, 11) is -1.63. The third-order valence-electron chi connectivity index (χ3n) is 4.00. The Balaban J connectivity index is 2.29. The molecular weight excluding hydrogens is 276 g/mol. The lowest BCUT2D eigenvalue weighted by molar-refractivity contribution is 0.248. The van der Waals surface area contributed by atoms with E-state index < -0.39 is 10.0 Å². The summed E-state index contributed by atoms with van der Waals surface area (Å²) in [6, 6.07) is 0. The number of sulfonamides is 1. The summed E-state index contributed by atoms with van der Waals surface area (Å²) in [5.74, 6) is 0. The predicted octanol–water partition coefficient (Wildman–Crippen LogP) is 0.940. The van der Waals surface area contributed by atoms with Crippen LogP contribution in [0.3, 0.4) is 0 Å². The van der Waals surface area contributed by atoms with E-state index in [1.807, 2.05) is 20.9 Å². The van der Waals surface area contributed by atoms with Crippen molar-refractivity contribution in [2.24, 2.45) is 0 Å². The van der Waals surface area contributed by atoms with Gasteiger partial charge in [-0.25, -0.2) is 13.1 Å². The largest absolute Gasteiger partial charge is 0.318 e. The van der Waals surface area contributed by atoms with Crippen LogP contribution in [0.2, 0.25) is 0 Å². The molecule has 0 amide bonds. The first-order valence-electron chi connectivity index (χ1n) is 7.02. The molecule has 0 spiro atoms. The molecule has 0 unspecified atom stereocenters. The number of aromatic nitrogens is 2. The molecule has 6 nitrogen and oxygen atoms in total. The third-order valence-corrected chi connectivity index (χ3v) is 5.89. The molecule has 0 aliphatic heterocycles. The number of aryl methyl sites for hydroxylation is 1. The Morgan fingerprint density at radius 3 is 2.50 bits per heavy atom.